The van der Waals surface area contributed by atoms with Crippen molar-refractivity contribution in [1.29, 1.82) is 0 Å². The van der Waals surface area contributed by atoms with E-state index in [0.29, 0.717) is 17.0 Å². The highest BCUT2D eigenvalue weighted by atomic mass is 32.2. The van der Waals surface area contributed by atoms with Crippen LogP contribution in [0.25, 0.3) is 16.2 Å². The van der Waals surface area contributed by atoms with Gasteiger partial charge in [-0.1, -0.05) is 6.07 Å². The van der Waals surface area contributed by atoms with E-state index in [4.69, 9.17) is 10.9 Å². The first-order valence-electron chi connectivity index (χ1n) is 7.65. The van der Waals surface area contributed by atoms with Crippen LogP contribution in [0.1, 0.15) is 0 Å². The Hall–Kier alpha value is -3.15. The molecule has 0 saturated carbocycles. The van der Waals surface area contributed by atoms with Crippen LogP contribution in [0.4, 0.5) is 17.2 Å². The molecule has 3 aromatic heterocycles. The highest BCUT2D eigenvalue weighted by Gasteiger charge is 2.15. The molecule has 0 aliphatic rings. The summed E-state index contributed by atoms with van der Waals surface area (Å²) in [6, 6.07) is 11.5. The minimum absolute atomic E-state index is 0.000738. The lowest BCUT2D eigenvalue weighted by Crippen LogP contribution is -2.11. The Balaban J connectivity index is 1.73. The van der Waals surface area contributed by atoms with Crippen molar-refractivity contribution in [2.75, 3.05) is 5.73 Å². The molecule has 0 saturated heterocycles. The number of sulfonamides is 1. The SMILES string of the molecule is Nc1nn2c(-c3cccs3)ccnc2c1N=Nc1ccc(S(N)(=O)=O)cc1. The van der Waals surface area contributed by atoms with Crippen molar-refractivity contribution in [3.63, 3.8) is 0 Å². The van der Waals surface area contributed by atoms with Gasteiger partial charge >= 0.3 is 0 Å². The third kappa shape index (κ3) is 3.30. The molecule has 0 unspecified atom stereocenters. The summed E-state index contributed by atoms with van der Waals surface area (Å²) < 4.78 is 24.2. The molecular formula is C16H13N7O2S2. The van der Waals surface area contributed by atoms with E-state index in [9.17, 15) is 8.42 Å². The van der Waals surface area contributed by atoms with Crippen LogP contribution in [0.5, 0.6) is 0 Å². The predicted octanol–water partition coefficient (Wildman–Crippen LogP) is 3.10. The van der Waals surface area contributed by atoms with Crippen LogP contribution in [0.2, 0.25) is 0 Å². The summed E-state index contributed by atoms with van der Waals surface area (Å²) in [6.07, 6.45) is 1.66. The number of azo groups is 1. The molecule has 3 heterocycles. The minimum atomic E-state index is -3.75. The summed E-state index contributed by atoms with van der Waals surface area (Å²) in [5.74, 6) is 0.191. The number of nitrogens with two attached hydrogens (primary N) is 2. The van der Waals surface area contributed by atoms with Crippen LogP contribution in [-0.4, -0.2) is 23.0 Å². The van der Waals surface area contributed by atoms with Gasteiger partial charge in [0.15, 0.2) is 17.2 Å². The Kier molecular flexibility index (Phi) is 4.18. The number of nitrogens with zero attached hydrogens (tertiary/aromatic N) is 5. The van der Waals surface area contributed by atoms with Gasteiger partial charge in [-0.25, -0.2) is 23.1 Å². The Labute approximate surface area is 158 Å². The molecule has 1 aromatic carbocycles. The Morgan fingerprint density at radius 1 is 1.07 bits per heavy atom. The molecule has 0 amide bonds. The van der Waals surface area contributed by atoms with Crippen molar-refractivity contribution < 1.29 is 8.42 Å². The zero-order valence-corrected chi connectivity index (χ0v) is 15.4. The van der Waals surface area contributed by atoms with Gasteiger partial charge in [-0.3, -0.25) is 0 Å². The number of hydrogen-bond donors (Lipinski definition) is 2. The largest absolute Gasteiger partial charge is 0.380 e. The van der Waals surface area contributed by atoms with Crippen LogP contribution >= 0.6 is 11.3 Å². The fourth-order valence-corrected chi connectivity index (χ4v) is 3.72. The number of rotatable bonds is 4. The van der Waals surface area contributed by atoms with E-state index in [2.05, 4.69) is 20.3 Å². The number of anilines is 1. The molecular weight excluding hydrogens is 386 g/mol. The second kappa shape index (κ2) is 6.54. The Bertz CT molecular complexity index is 1240. The molecule has 136 valence electrons. The summed E-state index contributed by atoms with van der Waals surface area (Å²) in [4.78, 5) is 5.33. The molecule has 4 aromatic rings. The lowest BCUT2D eigenvalue weighted by molar-refractivity contribution is 0.598. The van der Waals surface area contributed by atoms with E-state index in [0.717, 1.165) is 10.6 Å². The second-order valence-corrected chi connectivity index (χ2v) is 8.02. The lowest BCUT2D eigenvalue weighted by atomic mass is 10.3. The van der Waals surface area contributed by atoms with E-state index in [1.54, 1.807) is 22.0 Å². The van der Waals surface area contributed by atoms with Crippen molar-refractivity contribution in [3.8, 4) is 10.6 Å². The number of fused-ring (bicyclic) bond motifs is 1. The van der Waals surface area contributed by atoms with Gasteiger partial charge in [0.25, 0.3) is 0 Å². The van der Waals surface area contributed by atoms with E-state index in [1.807, 2.05) is 23.6 Å². The number of thiophene rings is 1. The predicted molar refractivity (Wildman–Crippen MR) is 103 cm³/mol. The molecule has 0 spiro atoms. The fourth-order valence-electron chi connectivity index (χ4n) is 2.47. The molecule has 0 aliphatic carbocycles. The zero-order valence-electron chi connectivity index (χ0n) is 13.7. The molecule has 0 fully saturated rings. The van der Waals surface area contributed by atoms with Crippen molar-refractivity contribution in [2.24, 2.45) is 15.4 Å². The maximum Gasteiger partial charge on any atom is 0.238 e. The maximum atomic E-state index is 11.3. The molecule has 11 heteroatoms. The van der Waals surface area contributed by atoms with E-state index < -0.39 is 10.0 Å². The zero-order chi connectivity index (χ0) is 19.0. The summed E-state index contributed by atoms with van der Waals surface area (Å²) in [6.45, 7) is 0. The molecule has 0 atom stereocenters. The van der Waals surface area contributed by atoms with E-state index >= 15 is 0 Å². The lowest BCUT2D eigenvalue weighted by Gasteiger charge is -2.00. The molecule has 0 radical (unpaired) electrons. The number of primary sulfonamides is 1. The molecule has 9 nitrogen and oxygen atoms in total. The topological polar surface area (TPSA) is 141 Å². The quantitative estimate of drug-likeness (QED) is 0.507. The summed E-state index contributed by atoms with van der Waals surface area (Å²) in [5.41, 5.74) is 8.10. The normalized spacial score (nSPS) is 12.2. The van der Waals surface area contributed by atoms with Crippen molar-refractivity contribution in [3.05, 3.63) is 54.0 Å². The average molecular weight is 399 g/mol. The van der Waals surface area contributed by atoms with Gasteiger partial charge in [0, 0.05) is 6.20 Å². The maximum absolute atomic E-state index is 11.3. The van der Waals surface area contributed by atoms with Crippen molar-refractivity contribution in [1.82, 2.24) is 14.6 Å². The van der Waals surface area contributed by atoms with E-state index in [-0.39, 0.29) is 10.7 Å². The first-order chi connectivity index (χ1) is 12.9. The number of aromatic nitrogens is 3. The van der Waals surface area contributed by atoms with E-state index in [1.165, 1.54) is 24.3 Å². The molecule has 0 bridgehead atoms. The standard InChI is InChI=1S/C16H13N7O2S2/c17-15-14(21-20-10-3-5-11(6-4-10)27(18,24)25)16-19-8-7-12(23(16)22-15)13-2-1-9-26-13/h1-9H,(H2,17,22)(H2,18,24,25). The molecule has 27 heavy (non-hydrogen) atoms. The monoisotopic (exact) mass is 399 g/mol. The number of nitrogen functional groups attached to an aromatic ring is 1. The van der Waals surface area contributed by atoms with Gasteiger partial charge in [0.1, 0.15) is 0 Å². The van der Waals surface area contributed by atoms with Crippen LogP contribution in [0.3, 0.4) is 0 Å². The smallest absolute Gasteiger partial charge is 0.238 e. The van der Waals surface area contributed by atoms with Gasteiger partial charge in [0.2, 0.25) is 10.0 Å². The van der Waals surface area contributed by atoms with Gasteiger partial charge in [-0.2, -0.15) is 5.11 Å². The highest BCUT2D eigenvalue weighted by Crippen LogP contribution is 2.32. The van der Waals surface area contributed by atoms with Crippen molar-refractivity contribution in [2.45, 2.75) is 4.90 Å². The first kappa shape index (κ1) is 17.3. The Morgan fingerprint density at radius 2 is 1.85 bits per heavy atom. The third-order valence-electron chi connectivity index (χ3n) is 3.72. The highest BCUT2D eigenvalue weighted by molar-refractivity contribution is 7.89. The third-order valence-corrected chi connectivity index (χ3v) is 5.55. The fraction of sp³-hybridized carbons (Fsp3) is 0. The van der Waals surface area contributed by atoms with Crippen LogP contribution in [-0.2, 0) is 10.0 Å². The van der Waals surface area contributed by atoms with Gasteiger partial charge in [0.05, 0.1) is 21.2 Å². The van der Waals surface area contributed by atoms with Gasteiger partial charge in [-0.05, 0) is 41.8 Å². The molecule has 4 N–H and O–H groups in total. The second-order valence-electron chi connectivity index (χ2n) is 5.52. The number of hydrogen-bond acceptors (Lipinski definition) is 8. The molecule has 4 rings (SSSR count). The van der Waals surface area contributed by atoms with Gasteiger partial charge in [-0.15, -0.1) is 21.5 Å². The van der Waals surface area contributed by atoms with Crippen LogP contribution in [0, 0.1) is 0 Å². The molecule has 0 aliphatic heterocycles. The number of benzene rings is 1. The summed E-state index contributed by atoms with van der Waals surface area (Å²) >= 11 is 1.58. The van der Waals surface area contributed by atoms with Crippen molar-refractivity contribution >= 4 is 44.2 Å². The first-order valence-corrected chi connectivity index (χ1v) is 10.1. The van der Waals surface area contributed by atoms with Crippen LogP contribution < -0.4 is 10.9 Å². The minimum Gasteiger partial charge on any atom is -0.380 e. The summed E-state index contributed by atoms with van der Waals surface area (Å²) in [7, 11) is -3.75. The average Bonchev–Trinajstić information content (AvgIpc) is 3.27. The Morgan fingerprint density at radius 3 is 2.52 bits per heavy atom. The van der Waals surface area contributed by atoms with Gasteiger partial charge < -0.3 is 5.73 Å². The van der Waals surface area contributed by atoms with Crippen LogP contribution in [0.15, 0.2) is 69.2 Å². The summed E-state index contributed by atoms with van der Waals surface area (Å²) in [5, 5.41) is 19.6.